The molecule has 0 radical (unpaired) electrons. The molecule has 0 atom stereocenters. The number of aliphatic carboxylic acids is 1. The molecule has 0 saturated heterocycles. The number of aromatic nitrogens is 3. The second-order valence-corrected chi connectivity index (χ2v) is 5.74. The van der Waals surface area contributed by atoms with Gasteiger partial charge in [-0.25, -0.2) is 9.50 Å². The average molecular weight is 290 g/mol. The monoisotopic (exact) mass is 290 g/mol. The lowest BCUT2D eigenvalue weighted by Gasteiger charge is -2.23. The third-order valence-electron chi connectivity index (χ3n) is 3.07. The molecular formula is C14H18N4O3. The zero-order chi connectivity index (χ0) is 15.8. The molecule has 1 amide bonds. The van der Waals surface area contributed by atoms with Crippen molar-refractivity contribution in [2.45, 2.75) is 39.7 Å². The molecule has 0 aliphatic heterocycles. The number of aryl methyl sites for hydroxylation is 2. The summed E-state index contributed by atoms with van der Waals surface area (Å²) < 4.78 is 1.59. The smallest absolute Gasteiger partial charge is 0.305 e. The fraction of sp³-hybridized carbons (Fsp3) is 0.429. The molecular weight excluding hydrogens is 272 g/mol. The van der Waals surface area contributed by atoms with Crippen LogP contribution in [0, 0.1) is 13.8 Å². The van der Waals surface area contributed by atoms with Crippen LogP contribution in [0.4, 0.5) is 0 Å². The molecule has 0 bridgehead atoms. The highest BCUT2D eigenvalue weighted by molar-refractivity contribution is 6.00. The predicted molar refractivity (Wildman–Crippen MR) is 76.3 cm³/mol. The van der Waals surface area contributed by atoms with Gasteiger partial charge in [-0.2, -0.15) is 5.10 Å². The van der Waals surface area contributed by atoms with E-state index in [4.69, 9.17) is 5.11 Å². The van der Waals surface area contributed by atoms with Crippen LogP contribution >= 0.6 is 0 Å². The number of amides is 1. The largest absolute Gasteiger partial charge is 0.481 e. The van der Waals surface area contributed by atoms with Crippen molar-refractivity contribution in [3.05, 3.63) is 29.2 Å². The van der Waals surface area contributed by atoms with Gasteiger partial charge in [0.15, 0.2) is 5.65 Å². The maximum Gasteiger partial charge on any atom is 0.305 e. The minimum absolute atomic E-state index is 0.163. The van der Waals surface area contributed by atoms with Crippen molar-refractivity contribution in [3.63, 3.8) is 0 Å². The van der Waals surface area contributed by atoms with Crippen molar-refractivity contribution in [1.82, 2.24) is 19.9 Å². The minimum Gasteiger partial charge on any atom is -0.481 e. The van der Waals surface area contributed by atoms with Crippen LogP contribution in [-0.4, -0.2) is 37.1 Å². The fourth-order valence-electron chi connectivity index (χ4n) is 2.23. The minimum atomic E-state index is -0.968. The summed E-state index contributed by atoms with van der Waals surface area (Å²) in [7, 11) is 0. The maximum absolute atomic E-state index is 12.3. The molecule has 0 saturated carbocycles. The molecule has 21 heavy (non-hydrogen) atoms. The van der Waals surface area contributed by atoms with E-state index < -0.39 is 11.5 Å². The van der Waals surface area contributed by atoms with Crippen molar-refractivity contribution in [3.8, 4) is 0 Å². The first-order chi connectivity index (χ1) is 9.69. The van der Waals surface area contributed by atoms with Crippen molar-refractivity contribution in [2.75, 3.05) is 0 Å². The maximum atomic E-state index is 12.3. The van der Waals surface area contributed by atoms with Gasteiger partial charge < -0.3 is 10.4 Å². The lowest BCUT2D eigenvalue weighted by molar-refractivity contribution is -0.138. The van der Waals surface area contributed by atoms with Crippen LogP contribution in [0.5, 0.6) is 0 Å². The van der Waals surface area contributed by atoms with E-state index in [9.17, 15) is 9.59 Å². The van der Waals surface area contributed by atoms with Crippen molar-refractivity contribution >= 4 is 17.5 Å². The first-order valence-electron chi connectivity index (χ1n) is 6.56. The molecule has 0 aliphatic carbocycles. The quantitative estimate of drug-likeness (QED) is 0.885. The molecule has 2 heterocycles. The summed E-state index contributed by atoms with van der Waals surface area (Å²) in [6.45, 7) is 7.05. The van der Waals surface area contributed by atoms with E-state index in [1.165, 1.54) is 6.20 Å². The van der Waals surface area contributed by atoms with E-state index in [1.54, 1.807) is 18.4 Å². The Morgan fingerprint density at radius 1 is 1.38 bits per heavy atom. The van der Waals surface area contributed by atoms with E-state index >= 15 is 0 Å². The van der Waals surface area contributed by atoms with E-state index in [0.717, 1.165) is 11.4 Å². The Kier molecular flexibility index (Phi) is 3.67. The molecule has 0 aromatic carbocycles. The molecule has 2 aromatic heterocycles. The first kappa shape index (κ1) is 15.0. The first-order valence-corrected chi connectivity index (χ1v) is 6.56. The highest BCUT2D eigenvalue weighted by atomic mass is 16.4. The molecule has 7 nitrogen and oxygen atoms in total. The zero-order valence-corrected chi connectivity index (χ0v) is 12.5. The summed E-state index contributed by atoms with van der Waals surface area (Å²) in [4.78, 5) is 27.5. The number of rotatable bonds is 4. The normalized spacial score (nSPS) is 11.6. The number of hydrogen-bond acceptors (Lipinski definition) is 4. The summed E-state index contributed by atoms with van der Waals surface area (Å²) in [6, 6.07) is 1.87. The summed E-state index contributed by atoms with van der Waals surface area (Å²) in [6.07, 6.45) is 1.28. The Bertz CT molecular complexity index is 718. The highest BCUT2D eigenvalue weighted by Gasteiger charge is 2.26. The molecule has 0 unspecified atom stereocenters. The Morgan fingerprint density at radius 3 is 2.67 bits per heavy atom. The summed E-state index contributed by atoms with van der Waals surface area (Å²) in [5, 5.41) is 15.7. The Hall–Kier alpha value is -2.44. The SMILES string of the molecule is Cc1cc(C)n2ncc(C(=O)NC(C)(C)CC(=O)O)c2n1. The second kappa shape index (κ2) is 5.16. The van der Waals surface area contributed by atoms with Gasteiger partial charge in [-0.15, -0.1) is 0 Å². The molecule has 7 heteroatoms. The Labute approximate surface area is 122 Å². The standard InChI is InChI=1S/C14H18N4O3/c1-8-5-9(2)18-12(16-8)10(7-15-18)13(21)17-14(3,4)6-11(19)20/h5,7H,6H2,1-4H3,(H,17,21)(H,19,20). The number of carboxylic acid groups (broad SMARTS) is 1. The van der Waals surface area contributed by atoms with Crippen LogP contribution in [0.15, 0.2) is 12.3 Å². The van der Waals surface area contributed by atoms with Gasteiger partial charge in [-0.1, -0.05) is 0 Å². The van der Waals surface area contributed by atoms with Gasteiger partial charge in [0.25, 0.3) is 5.91 Å². The van der Waals surface area contributed by atoms with Gasteiger partial charge in [-0.05, 0) is 33.8 Å². The molecule has 0 spiro atoms. The number of hydrogen-bond donors (Lipinski definition) is 2. The van der Waals surface area contributed by atoms with Crippen LogP contribution in [0.2, 0.25) is 0 Å². The van der Waals surface area contributed by atoms with Crippen molar-refractivity contribution in [1.29, 1.82) is 0 Å². The molecule has 0 fully saturated rings. The highest BCUT2D eigenvalue weighted by Crippen LogP contribution is 2.14. The molecule has 0 aliphatic rings. The lowest BCUT2D eigenvalue weighted by Crippen LogP contribution is -2.44. The van der Waals surface area contributed by atoms with Crippen LogP contribution < -0.4 is 5.32 Å². The average Bonchev–Trinajstić information content (AvgIpc) is 2.69. The van der Waals surface area contributed by atoms with Gasteiger partial charge in [0.1, 0.15) is 5.56 Å². The lowest BCUT2D eigenvalue weighted by atomic mass is 10.0. The number of carbonyl (C=O) groups is 2. The van der Waals surface area contributed by atoms with Gasteiger partial charge in [-0.3, -0.25) is 9.59 Å². The van der Waals surface area contributed by atoms with Gasteiger partial charge >= 0.3 is 5.97 Å². The van der Waals surface area contributed by atoms with Gasteiger partial charge in [0.05, 0.1) is 12.6 Å². The number of nitrogens with one attached hydrogen (secondary N) is 1. The third-order valence-corrected chi connectivity index (χ3v) is 3.07. The topological polar surface area (TPSA) is 96.6 Å². The van der Waals surface area contributed by atoms with Crippen molar-refractivity contribution in [2.24, 2.45) is 0 Å². The predicted octanol–water partition coefficient (Wildman–Crippen LogP) is 1.33. The van der Waals surface area contributed by atoms with Gasteiger partial charge in [0.2, 0.25) is 0 Å². The van der Waals surface area contributed by atoms with Crippen LogP contribution in [0.3, 0.4) is 0 Å². The fourth-order valence-corrected chi connectivity index (χ4v) is 2.23. The number of carbonyl (C=O) groups excluding carboxylic acids is 1. The van der Waals surface area contributed by atoms with Crippen LogP contribution in [-0.2, 0) is 4.79 Å². The van der Waals surface area contributed by atoms with Crippen molar-refractivity contribution < 1.29 is 14.7 Å². The van der Waals surface area contributed by atoms with E-state index in [-0.39, 0.29) is 12.3 Å². The number of nitrogens with zero attached hydrogens (tertiary/aromatic N) is 3. The molecule has 2 N–H and O–H groups in total. The Balaban J connectivity index is 2.34. The summed E-state index contributed by atoms with van der Waals surface area (Å²) in [5.41, 5.74) is 1.62. The summed E-state index contributed by atoms with van der Waals surface area (Å²) >= 11 is 0. The van der Waals surface area contributed by atoms with Crippen LogP contribution in [0.25, 0.3) is 5.65 Å². The van der Waals surface area contributed by atoms with Crippen LogP contribution in [0.1, 0.15) is 42.0 Å². The summed E-state index contributed by atoms with van der Waals surface area (Å²) in [5.74, 6) is -1.35. The number of fused-ring (bicyclic) bond motifs is 1. The Morgan fingerprint density at radius 2 is 2.05 bits per heavy atom. The van der Waals surface area contributed by atoms with E-state index in [2.05, 4.69) is 15.4 Å². The second-order valence-electron chi connectivity index (χ2n) is 5.74. The van der Waals surface area contributed by atoms with E-state index in [1.807, 2.05) is 19.9 Å². The van der Waals surface area contributed by atoms with E-state index in [0.29, 0.717) is 11.2 Å². The molecule has 112 valence electrons. The zero-order valence-electron chi connectivity index (χ0n) is 12.5. The molecule has 2 rings (SSSR count). The molecule has 2 aromatic rings. The third kappa shape index (κ3) is 3.18. The van der Waals surface area contributed by atoms with Gasteiger partial charge in [0, 0.05) is 16.9 Å². The number of carboxylic acids is 1.